The van der Waals surface area contributed by atoms with Crippen molar-refractivity contribution in [3.05, 3.63) is 30.1 Å². The molecule has 1 N–H and O–H groups in total. The van der Waals surface area contributed by atoms with E-state index in [1.165, 1.54) is 0 Å². The summed E-state index contributed by atoms with van der Waals surface area (Å²) in [6.45, 7) is 5.14. The fourth-order valence-corrected chi connectivity index (χ4v) is 3.71. The van der Waals surface area contributed by atoms with Gasteiger partial charge in [-0.1, -0.05) is 13.0 Å². The number of fused-ring (bicyclic) bond motifs is 1. The van der Waals surface area contributed by atoms with Gasteiger partial charge in [0.05, 0.1) is 0 Å². The lowest BCUT2D eigenvalue weighted by Crippen LogP contribution is -2.45. The zero-order valence-electron chi connectivity index (χ0n) is 11.5. The molecule has 1 aliphatic heterocycles. The molecule has 1 fully saturated rings. The second-order valence-electron chi connectivity index (χ2n) is 5.03. The zero-order chi connectivity index (χ0) is 14.3. The van der Waals surface area contributed by atoms with Gasteiger partial charge in [-0.2, -0.15) is 11.8 Å². The molecule has 2 unspecified atom stereocenters. The first kappa shape index (κ1) is 13.3. The van der Waals surface area contributed by atoms with Gasteiger partial charge in [0.2, 0.25) is 0 Å². The van der Waals surface area contributed by atoms with Crippen molar-refractivity contribution in [2.45, 2.75) is 25.1 Å². The summed E-state index contributed by atoms with van der Waals surface area (Å²) < 4.78 is 1.65. The number of imidazole rings is 1. The molecule has 20 heavy (non-hydrogen) atoms. The Balaban J connectivity index is 2.15. The van der Waals surface area contributed by atoms with E-state index >= 15 is 0 Å². The molecule has 3 heterocycles. The Kier molecular flexibility index (Phi) is 3.33. The third-order valence-corrected chi connectivity index (χ3v) is 5.21. The molecule has 1 saturated heterocycles. The quantitative estimate of drug-likeness (QED) is 0.920. The van der Waals surface area contributed by atoms with Crippen LogP contribution in [0.1, 0.15) is 24.3 Å². The molecule has 5 nitrogen and oxygen atoms in total. The molecule has 0 saturated carbocycles. The zero-order valence-corrected chi connectivity index (χ0v) is 12.3. The summed E-state index contributed by atoms with van der Waals surface area (Å²) >= 11 is 1.92. The van der Waals surface area contributed by atoms with Gasteiger partial charge in [-0.25, -0.2) is 9.78 Å². The van der Waals surface area contributed by atoms with Crippen LogP contribution in [0.5, 0.6) is 0 Å². The van der Waals surface area contributed by atoms with Crippen molar-refractivity contribution < 1.29 is 9.90 Å². The van der Waals surface area contributed by atoms with Crippen LogP contribution in [-0.2, 0) is 0 Å². The van der Waals surface area contributed by atoms with E-state index in [4.69, 9.17) is 0 Å². The van der Waals surface area contributed by atoms with E-state index in [1.807, 2.05) is 30.0 Å². The van der Waals surface area contributed by atoms with Crippen molar-refractivity contribution in [2.24, 2.45) is 0 Å². The first-order chi connectivity index (χ1) is 9.59. The van der Waals surface area contributed by atoms with Gasteiger partial charge < -0.3 is 10.0 Å². The van der Waals surface area contributed by atoms with Crippen LogP contribution in [0, 0.1) is 0 Å². The van der Waals surface area contributed by atoms with Gasteiger partial charge in [0, 0.05) is 29.8 Å². The van der Waals surface area contributed by atoms with Crippen molar-refractivity contribution in [1.82, 2.24) is 9.38 Å². The molecule has 1 aliphatic rings. The molecule has 2 aromatic rings. The maximum atomic E-state index is 11.6. The molecule has 0 aromatic carbocycles. The average molecular weight is 291 g/mol. The van der Waals surface area contributed by atoms with Crippen LogP contribution in [0.2, 0.25) is 0 Å². The van der Waals surface area contributed by atoms with Gasteiger partial charge in [0.15, 0.2) is 11.5 Å². The van der Waals surface area contributed by atoms with Crippen LogP contribution >= 0.6 is 11.8 Å². The molecule has 0 spiro atoms. The van der Waals surface area contributed by atoms with Crippen LogP contribution in [0.3, 0.4) is 0 Å². The number of nitrogens with zero attached hydrogens (tertiary/aromatic N) is 3. The van der Waals surface area contributed by atoms with Gasteiger partial charge in [0.25, 0.3) is 0 Å². The number of rotatable bonds is 2. The molecule has 0 radical (unpaired) electrons. The van der Waals surface area contributed by atoms with Crippen LogP contribution in [0.15, 0.2) is 24.4 Å². The molecule has 3 rings (SSSR count). The molecule has 6 heteroatoms. The fourth-order valence-electron chi connectivity index (χ4n) is 2.61. The minimum absolute atomic E-state index is 0.256. The monoisotopic (exact) mass is 291 g/mol. The minimum Gasteiger partial charge on any atom is -0.476 e. The number of carboxylic acid groups (broad SMARTS) is 1. The van der Waals surface area contributed by atoms with Crippen LogP contribution in [-0.4, -0.2) is 44.0 Å². The lowest BCUT2D eigenvalue weighted by molar-refractivity contribution is 0.0690. The molecule has 0 bridgehead atoms. The molecule has 0 amide bonds. The van der Waals surface area contributed by atoms with E-state index in [1.54, 1.807) is 10.6 Å². The third-order valence-electron chi connectivity index (χ3n) is 3.87. The van der Waals surface area contributed by atoms with E-state index in [-0.39, 0.29) is 11.7 Å². The number of thioether (sulfide) groups is 1. The van der Waals surface area contributed by atoms with Gasteiger partial charge in [0.1, 0.15) is 5.65 Å². The number of aromatic nitrogens is 2. The summed E-state index contributed by atoms with van der Waals surface area (Å²) in [5, 5.41) is 10.0. The molecule has 0 aliphatic carbocycles. The molecule has 2 aromatic heterocycles. The van der Waals surface area contributed by atoms with Gasteiger partial charge in [-0.3, -0.25) is 4.40 Å². The average Bonchev–Trinajstić information content (AvgIpc) is 2.81. The Bertz CT molecular complexity index is 655. The minimum atomic E-state index is -0.934. The number of hydrogen-bond acceptors (Lipinski definition) is 4. The highest BCUT2D eigenvalue weighted by Crippen LogP contribution is 2.31. The second kappa shape index (κ2) is 5.01. The van der Waals surface area contributed by atoms with Crippen molar-refractivity contribution in [3.63, 3.8) is 0 Å². The highest BCUT2D eigenvalue weighted by Gasteiger charge is 2.31. The van der Waals surface area contributed by atoms with Crippen molar-refractivity contribution in [1.29, 1.82) is 0 Å². The molecule has 2 atom stereocenters. The largest absolute Gasteiger partial charge is 0.476 e. The third kappa shape index (κ3) is 2.04. The van der Waals surface area contributed by atoms with Gasteiger partial charge in [-0.15, -0.1) is 0 Å². The van der Waals surface area contributed by atoms with Crippen LogP contribution in [0.25, 0.3) is 5.65 Å². The van der Waals surface area contributed by atoms with Gasteiger partial charge in [-0.05, 0) is 19.1 Å². The Labute approximate surface area is 121 Å². The SMILES string of the molecule is CC1SCCN(c2nc3ccccn3c2C(=O)O)C1C. The summed E-state index contributed by atoms with van der Waals surface area (Å²) in [4.78, 5) is 18.3. The topological polar surface area (TPSA) is 57.8 Å². The number of pyridine rings is 1. The van der Waals surface area contributed by atoms with E-state index in [0.717, 1.165) is 12.3 Å². The fraction of sp³-hybridized carbons (Fsp3) is 0.429. The Morgan fingerprint density at radius 3 is 3.00 bits per heavy atom. The summed E-state index contributed by atoms with van der Waals surface area (Å²) in [6.07, 6.45) is 1.75. The number of aromatic carboxylic acids is 1. The van der Waals surface area contributed by atoms with Crippen molar-refractivity contribution in [2.75, 3.05) is 17.2 Å². The molecular formula is C14H17N3O2S. The highest BCUT2D eigenvalue weighted by atomic mass is 32.2. The predicted molar refractivity (Wildman–Crippen MR) is 80.9 cm³/mol. The number of carboxylic acids is 1. The summed E-state index contributed by atoms with van der Waals surface area (Å²) in [7, 11) is 0. The van der Waals surface area contributed by atoms with Crippen molar-refractivity contribution in [3.8, 4) is 0 Å². The smallest absolute Gasteiger partial charge is 0.356 e. The maximum Gasteiger partial charge on any atom is 0.356 e. The predicted octanol–water partition coefficient (Wildman–Crippen LogP) is 2.36. The van der Waals surface area contributed by atoms with Gasteiger partial charge >= 0.3 is 5.97 Å². The number of hydrogen-bond donors (Lipinski definition) is 1. The highest BCUT2D eigenvalue weighted by molar-refractivity contribution is 8.00. The summed E-state index contributed by atoms with van der Waals surface area (Å²) in [5.74, 6) is 0.651. The Morgan fingerprint density at radius 2 is 2.25 bits per heavy atom. The first-order valence-corrected chi connectivity index (χ1v) is 7.73. The molecule has 106 valence electrons. The number of anilines is 1. The van der Waals surface area contributed by atoms with E-state index in [0.29, 0.717) is 16.7 Å². The van der Waals surface area contributed by atoms with E-state index in [2.05, 4.69) is 23.7 Å². The normalized spacial score (nSPS) is 23.2. The van der Waals surface area contributed by atoms with Crippen LogP contribution < -0.4 is 4.90 Å². The Morgan fingerprint density at radius 1 is 1.45 bits per heavy atom. The first-order valence-electron chi connectivity index (χ1n) is 6.68. The van der Waals surface area contributed by atoms with E-state index < -0.39 is 5.97 Å². The Hall–Kier alpha value is -1.69. The van der Waals surface area contributed by atoms with E-state index in [9.17, 15) is 9.90 Å². The maximum absolute atomic E-state index is 11.6. The molecular weight excluding hydrogens is 274 g/mol. The number of carbonyl (C=O) groups is 1. The lowest BCUT2D eigenvalue weighted by Gasteiger charge is -2.38. The standard InChI is InChI=1S/C14H17N3O2S/c1-9-10(2)20-8-7-16(9)13-12(14(18)19)17-6-4-3-5-11(17)15-13/h3-6,9-10H,7-8H2,1-2H3,(H,18,19). The summed E-state index contributed by atoms with van der Waals surface area (Å²) in [6, 6.07) is 5.80. The van der Waals surface area contributed by atoms with Crippen LogP contribution in [0.4, 0.5) is 5.82 Å². The summed E-state index contributed by atoms with van der Waals surface area (Å²) in [5.41, 5.74) is 0.935. The van der Waals surface area contributed by atoms with Crippen molar-refractivity contribution >= 4 is 29.2 Å². The second-order valence-corrected chi connectivity index (χ2v) is 6.51. The lowest BCUT2D eigenvalue weighted by atomic mass is 10.2.